The smallest absolute Gasteiger partial charge is 0.177 e. The van der Waals surface area contributed by atoms with Crippen LogP contribution in [0.25, 0.3) is 0 Å². The Labute approximate surface area is 114 Å². The molecule has 0 aliphatic carbocycles. The fraction of sp³-hybridized carbons (Fsp3) is 0.133. The zero-order valence-electron chi connectivity index (χ0n) is 10.4. The van der Waals surface area contributed by atoms with Crippen LogP contribution in [0.5, 0.6) is 11.5 Å². The third-order valence-electron chi connectivity index (χ3n) is 3.37. The minimum Gasteiger partial charge on any atom is -0.506 e. The van der Waals surface area contributed by atoms with E-state index < -0.39 is 5.92 Å². The molecule has 0 saturated carbocycles. The molecular weight excluding hydrogens is 258 g/mol. The molecule has 2 aromatic rings. The normalized spacial score (nSPS) is 17.2. The molecular formula is C15H11NO4. The monoisotopic (exact) mass is 269 g/mol. The lowest BCUT2D eigenvalue weighted by atomic mass is 9.89. The number of phenols is 1. The molecule has 5 heteroatoms. The van der Waals surface area contributed by atoms with Crippen LogP contribution in [0.2, 0.25) is 0 Å². The summed E-state index contributed by atoms with van der Waals surface area (Å²) in [4.78, 5) is 22.9. The van der Waals surface area contributed by atoms with Crippen molar-refractivity contribution in [2.75, 3.05) is 6.61 Å². The number of nitroso groups, excluding NO2 is 1. The Kier molecular flexibility index (Phi) is 2.95. The Bertz CT molecular complexity index is 696. The van der Waals surface area contributed by atoms with Gasteiger partial charge in [0.2, 0.25) is 0 Å². The largest absolute Gasteiger partial charge is 0.506 e. The summed E-state index contributed by atoms with van der Waals surface area (Å²) >= 11 is 0. The van der Waals surface area contributed by atoms with E-state index >= 15 is 0 Å². The van der Waals surface area contributed by atoms with Crippen LogP contribution < -0.4 is 4.74 Å². The Morgan fingerprint density at radius 3 is 2.75 bits per heavy atom. The molecule has 1 unspecified atom stereocenters. The second-order valence-electron chi connectivity index (χ2n) is 4.56. The van der Waals surface area contributed by atoms with E-state index in [4.69, 9.17) is 4.74 Å². The number of aromatic hydroxyl groups is 1. The SMILES string of the molecule is O=Nc1ccc(C2COc3ccccc3C2=O)cc1O. The molecule has 3 rings (SSSR count). The molecule has 5 nitrogen and oxygen atoms in total. The van der Waals surface area contributed by atoms with E-state index in [-0.39, 0.29) is 23.8 Å². The highest BCUT2D eigenvalue weighted by atomic mass is 16.5. The van der Waals surface area contributed by atoms with Crippen molar-refractivity contribution >= 4 is 11.5 Å². The number of fused-ring (bicyclic) bond motifs is 1. The molecule has 0 saturated heterocycles. The van der Waals surface area contributed by atoms with Gasteiger partial charge in [0.05, 0.1) is 11.5 Å². The maximum atomic E-state index is 12.4. The molecule has 0 radical (unpaired) electrons. The quantitative estimate of drug-likeness (QED) is 0.850. The summed E-state index contributed by atoms with van der Waals surface area (Å²) in [6.07, 6.45) is 0. The maximum Gasteiger partial charge on any atom is 0.177 e. The molecule has 1 N–H and O–H groups in total. The summed E-state index contributed by atoms with van der Waals surface area (Å²) in [7, 11) is 0. The Morgan fingerprint density at radius 2 is 2.00 bits per heavy atom. The van der Waals surface area contributed by atoms with Gasteiger partial charge in [-0.25, -0.2) is 0 Å². The fourth-order valence-corrected chi connectivity index (χ4v) is 2.31. The average molecular weight is 269 g/mol. The number of nitrogens with zero attached hydrogens (tertiary/aromatic N) is 1. The molecule has 0 fully saturated rings. The topological polar surface area (TPSA) is 76.0 Å². The molecule has 20 heavy (non-hydrogen) atoms. The molecule has 0 spiro atoms. The molecule has 100 valence electrons. The van der Waals surface area contributed by atoms with Crippen molar-refractivity contribution in [2.45, 2.75) is 5.92 Å². The first kappa shape index (κ1) is 12.3. The lowest BCUT2D eigenvalue weighted by Gasteiger charge is -2.24. The summed E-state index contributed by atoms with van der Waals surface area (Å²) < 4.78 is 5.57. The van der Waals surface area contributed by atoms with Crippen LogP contribution in [0.4, 0.5) is 5.69 Å². The minimum absolute atomic E-state index is 0.0432. The lowest BCUT2D eigenvalue weighted by Crippen LogP contribution is -2.25. The first-order chi connectivity index (χ1) is 9.70. The highest BCUT2D eigenvalue weighted by molar-refractivity contribution is 6.04. The molecule has 0 aromatic heterocycles. The van der Waals surface area contributed by atoms with Gasteiger partial charge in [0.25, 0.3) is 0 Å². The Morgan fingerprint density at radius 1 is 1.20 bits per heavy atom. The van der Waals surface area contributed by atoms with E-state index in [9.17, 15) is 14.8 Å². The van der Waals surface area contributed by atoms with Crippen molar-refractivity contribution in [2.24, 2.45) is 5.18 Å². The number of para-hydroxylation sites is 1. The number of benzene rings is 2. The van der Waals surface area contributed by atoms with Crippen molar-refractivity contribution in [3.8, 4) is 11.5 Å². The van der Waals surface area contributed by atoms with Gasteiger partial charge in [0.1, 0.15) is 23.8 Å². The van der Waals surface area contributed by atoms with Gasteiger partial charge >= 0.3 is 0 Å². The lowest BCUT2D eigenvalue weighted by molar-refractivity contribution is 0.0896. The van der Waals surface area contributed by atoms with Crippen LogP contribution >= 0.6 is 0 Å². The Hall–Kier alpha value is -2.69. The zero-order chi connectivity index (χ0) is 14.1. The number of rotatable bonds is 2. The van der Waals surface area contributed by atoms with Crippen LogP contribution in [0, 0.1) is 4.91 Å². The van der Waals surface area contributed by atoms with Crippen LogP contribution in [0.15, 0.2) is 47.6 Å². The number of ether oxygens (including phenoxy) is 1. The van der Waals surface area contributed by atoms with Gasteiger partial charge in [-0.1, -0.05) is 18.2 Å². The minimum atomic E-state index is -0.489. The van der Waals surface area contributed by atoms with Crippen LogP contribution in [0.3, 0.4) is 0 Å². The standard InChI is InChI=1S/C15H11NO4/c17-13-7-9(5-6-12(13)16-19)11-8-20-14-4-2-1-3-10(14)15(11)18/h1-7,11,17H,8H2. The third kappa shape index (κ3) is 1.93. The van der Waals surface area contributed by atoms with Gasteiger partial charge in [0.15, 0.2) is 5.78 Å². The summed E-state index contributed by atoms with van der Waals surface area (Å²) in [5.41, 5.74) is 1.09. The van der Waals surface area contributed by atoms with E-state index in [1.807, 2.05) is 6.07 Å². The van der Waals surface area contributed by atoms with Crippen molar-refractivity contribution in [1.82, 2.24) is 0 Å². The molecule has 0 amide bonds. The number of carbonyl (C=O) groups excluding carboxylic acids is 1. The predicted octanol–water partition coefficient (Wildman–Crippen LogP) is 3.15. The van der Waals surface area contributed by atoms with Crippen molar-refractivity contribution in [3.63, 3.8) is 0 Å². The third-order valence-corrected chi connectivity index (χ3v) is 3.37. The zero-order valence-corrected chi connectivity index (χ0v) is 10.4. The van der Waals surface area contributed by atoms with Gasteiger partial charge in [-0.05, 0) is 35.0 Å². The van der Waals surface area contributed by atoms with E-state index in [2.05, 4.69) is 5.18 Å². The summed E-state index contributed by atoms with van der Waals surface area (Å²) in [6.45, 7) is 0.211. The molecule has 1 atom stereocenters. The van der Waals surface area contributed by atoms with E-state index in [0.29, 0.717) is 16.9 Å². The van der Waals surface area contributed by atoms with Crippen LogP contribution in [-0.4, -0.2) is 17.5 Å². The fourth-order valence-electron chi connectivity index (χ4n) is 2.31. The first-order valence-electron chi connectivity index (χ1n) is 6.13. The average Bonchev–Trinajstić information content (AvgIpc) is 2.48. The predicted molar refractivity (Wildman–Crippen MR) is 72.6 cm³/mol. The summed E-state index contributed by atoms with van der Waals surface area (Å²) in [5, 5.41) is 12.4. The highest BCUT2D eigenvalue weighted by Crippen LogP contribution is 2.35. The van der Waals surface area contributed by atoms with Crippen molar-refractivity contribution < 1.29 is 14.6 Å². The van der Waals surface area contributed by atoms with Crippen molar-refractivity contribution in [1.29, 1.82) is 0 Å². The number of carbonyl (C=O) groups is 1. The number of ketones is 1. The van der Waals surface area contributed by atoms with E-state index in [1.54, 1.807) is 24.3 Å². The number of hydrogen-bond donors (Lipinski definition) is 1. The highest BCUT2D eigenvalue weighted by Gasteiger charge is 2.30. The molecule has 1 aliphatic rings. The van der Waals surface area contributed by atoms with Gasteiger partial charge in [-0.15, -0.1) is 4.91 Å². The summed E-state index contributed by atoms with van der Waals surface area (Å²) in [6, 6.07) is 11.4. The van der Waals surface area contributed by atoms with Gasteiger partial charge in [-0.2, -0.15) is 0 Å². The van der Waals surface area contributed by atoms with Gasteiger partial charge in [0, 0.05) is 0 Å². The second-order valence-corrected chi connectivity index (χ2v) is 4.56. The molecule has 2 aromatic carbocycles. The van der Waals surface area contributed by atoms with E-state index in [1.165, 1.54) is 12.1 Å². The Balaban J connectivity index is 1.99. The number of phenolic OH excluding ortho intramolecular Hbond substituents is 1. The summed E-state index contributed by atoms with van der Waals surface area (Å²) in [5.74, 6) is -0.206. The second kappa shape index (κ2) is 4.77. The molecule has 0 bridgehead atoms. The molecule has 1 aliphatic heterocycles. The molecule has 1 heterocycles. The first-order valence-corrected chi connectivity index (χ1v) is 6.13. The number of hydrogen-bond acceptors (Lipinski definition) is 5. The van der Waals surface area contributed by atoms with Gasteiger partial charge < -0.3 is 9.84 Å². The van der Waals surface area contributed by atoms with Crippen LogP contribution in [0.1, 0.15) is 21.8 Å². The van der Waals surface area contributed by atoms with Gasteiger partial charge in [-0.3, -0.25) is 4.79 Å². The maximum absolute atomic E-state index is 12.4. The number of Topliss-reactive ketones (excluding diaryl/α,β-unsaturated/α-hetero) is 1. The van der Waals surface area contributed by atoms with E-state index in [0.717, 1.165) is 0 Å². The van der Waals surface area contributed by atoms with Crippen LogP contribution in [-0.2, 0) is 0 Å². The van der Waals surface area contributed by atoms with Crippen molar-refractivity contribution in [3.05, 3.63) is 58.5 Å².